The summed E-state index contributed by atoms with van der Waals surface area (Å²) in [5, 5.41) is 5.33. The van der Waals surface area contributed by atoms with Crippen molar-refractivity contribution in [1.82, 2.24) is 4.40 Å². The van der Waals surface area contributed by atoms with Gasteiger partial charge in [0.2, 0.25) is 0 Å². The van der Waals surface area contributed by atoms with Gasteiger partial charge in [0.05, 0.1) is 32.2 Å². The van der Waals surface area contributed by atoms with Gasteiger partial charge in [0.25, 0.3) is 0 Å². The van der Waals surface area contributed by atoms with E-state index in [1.165, 1.54) is 69.7 Å². The van der Waals surface area contributed by atoms with E-state index in [0.29, 0.717) is 12.1 Å². The Morgan fingerprint density at radius 2 is 1.12 bits per heavy atom. The zero-order valence-electron chi connectivity index (χ0n) is 35.7. The van der Waals surface area contributed by atoms with E-state index >= 15 is 0 Å². The molecule has 0 saturated heterocycles. The Hall–Kier alpha value is -6.14. The third kappa shape index (κ3) is 5.16. The second-order valence-electron chi connectivity index (χ2n) is 17.4. The molecule has 0 bridgehead atoms. The van der Waals surface area contributed by atoms with Gasteiger partial charge < -0.3 is 14.2 Å². The molecule has 0 amide bonds. The highest BCUT2D eigenvalue weighted by atomic mass is 32.1. The van der Waals surface area contributed by atoms with Crippen LogP contribution in [0.25, 0.3) is 47.8 Å². The summed E-state index contributed by atoms with van der Waals surface area (Å²) in [4.78, 5) is 4.64. The van der Waals surface area contributed by atoms with Crippen LogP contribution in [0.1, 0.15) is 33.3 Å². The number of thiophene rings is 1. The van der Waals surface area contributed by atoms with E-state index in [-0.39, 0.29) is 5.41 Å². The maximum absolute atomic E-state index is 8.21. The fraction of sp³-hybridized carbons (Fsp3) is 0.132. The van der Waals surface area contributed by atoms with Gasteiger partial charge in [-0.1, -0.05) is 129 Å². The van der Waals surface area contributed by atoms with Crippen LogP contribution in [0.3, 0.4) is 0 Å². The van der Waals surface area contributed by atoms with Crippen molar-refractivity contribution in [3.05, 3.63) is 180 Å². The SMILES string of the molecule is [2H]c1ccc(N(c2ccc(C)cc2)c2ccc3c(c2)C(C)(C)c2c-3n3c4c2cccc4c2sc4cc(N(c5ccc([2H])cc5)c5ccc([Si](C)(C)C)cc5)ccc4c23)cc1. The minimum Gasteiger partial charge on any atom is -0.310 e. The van der Waals surface area contributed by atoms with Crippen molar-refractivity contribution in [2.24, 2.45) is 0 Å². The molecule has 0 atom stereocenters. The van der Waals surface area contributed by atoms with E-state index in [1.54, 1.807) is 0 Å². The molecule has 0 aliphatic heterocycles. The standard InChI is InChI=1S/C53H45N3SSi/c1-34-20-22-37(23-21-34)54(35-14-9-7-10-15-35)39-26-30-42-46(32-39)53(2,3)48-44-18-13-19-45-49(44)56(50(42)48)51-43-31-27-40(33-47(43)57-52(45)51)55(36-16-11-8-12-17-36)38-24-28-41(29-25-38)58(4,5)6/h7-33H,1-6H3/i7D,8D. The average Bonchev–Trinajstić information content (AvgIpc) is 3.94. The number of hydrogen-bond donors (Lipinski definition) is 0. The molecule has 0 unspecified atom stereocenters. The Bertz CT molecular complexity index is 3240. The molecular formula is C53H45N3SSi. The number of nitrogens with zero attached hydrogens (tertiary/aromatic N) is 3. The van der Waals surface area contributed by atoms with Gasteiger partial charge in [-0.25, -0.2) is 0 Å². The smallest absolute Gasteiger partial charge is 0.0775 e. The Morgan fingerprint density at radius 3 is 1.76 bits per heavy atom. The molecular weight excluding hydrogens is 739 g/mol. The van der Waals surface area contributed by atoms with Crippen LogP contribution in [0.2, 0.25) is 19.6 Å². The maximum atomic E-state index is 8.21. The summed E-state index contributed by atoms with van der Waals surface area (Å²) in [6, 6.07) is 55.4. The van der Waals surface area contributed by atoms with Gasteiger partial charge in [0.15, 0.2) is 0 Å². The van der Waals surface area contributed by atoms with Crippen LogP contribution < -0.4 is 15.0 Å². The summed E-state index contributed by atoms with van der Waals surface area (Å²) >= 11 is 1.89. The number of fused-ring (bicyclic) bond motifs is 10. The van der Waals surface area contributed by atoms with Crippen LogP contribution in [0.15, 0.2) is 164 Å². The molecule has 282 valence electrons. The highest BCUT2D eigenvalue weighted by Gasteiger charge is 2.42. The summed E-state index contributed by atoms with van der Waals surface area (Å²) in [5.74, 6) is 0. The van der Waals surface area contributed by atoms with Gasteiger partial charge in [-0.15, -0.1) is 11.3 Å². The quantitative estimate of drug-likeness (QED) is 0.149. The molecule has 1 aliphatic carbocycles. The Morgan fingerprint density at radius 1 is 0.569 bits per heavy atom. The van der Waals surface area contributed by atoms with Crippen LogP contribution in [0.5, 0.6) is 0 Å². The van der Waals surface area contributed by atoms with E-state index in [2.05, 4.69) is 170 Å². The highest BCUT2D eigenvalue weighted by Crippen LogP contribution is 2.57. The predicted octanol–water partition coefficient (Wildman–Crippen LogP) is 15.0. The van der Waals surface area contributed by atoms with E-state index in [4.69, 9.17) is 2.74 Å². The zero-order valence-corrected chi connectivity index (χ0v) is 35.5. The van der Waals surface area contributed by atoms with Crippen molar-refractivity contribution in [1.29, 1.82) is 0 Å². The van der Waals surface area contributed by atoms with Crippen molar-refractivity contribution in [2.75, 3.05) is 9.80 Å². The molecule has 0 saturated carbocycles. The summed E-state index contributed by atoms with van der Waals surface area (Å²) in [6.07, 6.45) is 0. The van der Waals surface area contributed by atoms with Gasteiger partial charge in [-0.2, -0.15) is 0 Å². The first kappa shape index (κ1) is 32.9. The first-order valence-corrected chi connectivity index (χ1v) is 24.5. The van der Waals surface area contributed by atoms with Gasteiger partial charge >= 0.3 is 0 Å². The average molecular weight is 786 g/mol. The Labute approximate surface area is 348 Å². The lowest BCUT2D eigenvalue weighted by molar-refractivity contribution is 0.666. The summed E-state index contributed by atoms with van der Waals surface area (Å²) in [7, 11) is -1.47. The molecule has 5 heteroatoms. The molecule has 3 heterocycles. The molecule has 0 radical (unpaired) electrons. The predicted molar refractivity (Wildman–Crippen MR) is 254 cm³/mol. The van der Waals surface area contributed by atoms with Crippen LogP contribution >= 0.6 is 11.3 Å². The number of aryl methyl sites for hydroxylation is 1. The number of para-hydroxylation sites is 3. The molecule has 3 nitrogen and oxygen atoms in total. The second-order valence-corrected chi connectivity index (χ2v) is 23.5. The first-order valence-electron chi connectivity index (χ1n) is 21.2. The maximum Gasteiger partial charge on any atom is 0.0775 e. The zero-order chi connectivity index (χ0) is 41.2. The third-order valence-corrected chi connectivity index (χ3v) is 15.6. The number of benzene rings is 7. The van der Waals surface area contributed by atoms with Crippen molar-refractivity contribution in [3.8, 4) is 11.3 Å². The molecule has 10 aromatic rings. The van der Waals surface area contributed by atoms with Crippen LogP contribution in [0, 0.1) is 6.92 Å². The molecule has 11 rings (SSSR count). The van der Waals surface area contributed by atoms with Gasteiger partial charge in [0, 0.05) is 66.0 Å². The van der Waals surface area contributed by atoms with E-state index in [9.17, 15) is 0 Å². The minimum atomic E-state index is -1.47. The Balaban J connectivity index is 1.09. The molecule has 0 fully saturated rings. The van der Waals surface area contributed by atoms with E-state index in [1.807, 2.05) is 47.7 Å². The lowest BCUT2D eigenvalue weighted by Crippen LogP contribution is -2.37. The molecule has 0 N–H and O–H groups in total. The molecule has 1 aliphatic rings. The monoisotopic (exact) mass is 785 g/mol. The topological polar surface area (TPSA) is 10.9 Å². The first-order chi connectivity index (χ1) is 28.9. The highest BCUT2D eigenvalue weighted by molar-refractivity contribution is 7.26. The lowest BCUT2D eigenvalue weighted by atomic mass is 9.81. The van der Waals surface area contributed by atoms with Crippen LogP contribution in [-0.2, 0) is 5.41 Å². The van der Waals surface area contributed by atoms with E-state index < -0.39 is 8.07 Å². The summed E-state index contributed by atoms with van der Waals surface area (Å²) in [6.45, 7) is 14.1. The number of aromatic nitrogens is 1. The van der Waals surface area contributed by atoms with Crippen molar-refractivity contribution in [2.45, 2.75) is 45.8 Å². The number of rotatable bonds is 7. The lowest BCUT2D eigenvalue weighted by Gasteiger charge is -2.28. The summed E-state index contributed by atoms with van der Waals surface area (Å²) < 4.78 is 21.6. The van der Waals surface area contributed by atoms with Gasteiger partial charge in [0.1, 0.15) is 0 Å². The Kier molecular flexibility index (Phi) is 7.19. The largest absolute Gasteiger partial charge is 0.310 e. The van der Waals surface area contributed by atoms with Crippen molar-refractivity contribution >= 4 is 95.3 Å². The summed E-state index contributed by atoms with van der Waals surface area (Å²) in [5.41, 5.74) is 15.3. The van der Waals surface area contributed by atoms with Crippen LogP contribution in [0.4, 0.5) is 34.1 Å². The number of hydrogen-bond acceptors (Lipinski definition) is 3. The second kappa shape index (κ2) is 12.7. The van der Waals surface area contributed by atoms with E-state index in [0.717, 1.165) is 34.1 Å². The van der Waals surface area contributed by atoms with Gasteiger partial charge in [-0.3, -0.25) is 0 Å². The van der Waals surface area contributed by atoms with Crippen LogP contribution in [-0.4, -0.2) is 12.5 Å². The van der Waals surface area contributed by atoms with Crippen molar-refractivity contribution < 1.29 is 2.74 Å². The number of anilines is 6. The van der Waals surface area contributed by atoms with Gasteiger partial charge in [-0.05, 0) is 96.9 Å². The van der Waals surface area contributed by atoms with Crippen molar-refractivity contribution in [3.63, 3.8) is 0 Å². The molecule has 0 spiro atoms. The molecule has 7 aromatic carbocycles. The fourth-order valence-electron chi connectivity index (χ4n) is 9.53. The normalized spacial score (nSPS) is 14.0. The third-order valence-electron chi connectivity index (χ3n) is 12.4. The fourth-order valence-corrected chi connectivity index (χ4v) is 11.9. The molecule has 58 heavy (non-hydrogen) atoms. The molecule has 3 aromatic heterocycles. The minimum absolute atomic E-state index is 0.247.